The molecule has 17 heteroatoms. The van der Waals surface area contributed by atoms with E-state index in [-0.39, 0.29) is 54.8 Å². The number of amides is 4. The second-order valence-electron chi connectivity index (χ2n) is 17.0. The molecule has 2 aliphatic heterocycles. The molecule has 1 aromatic carbocycles. The van der Waals surface area contributed by atoms with E-state index in [2.05, 4.69) is 20.3 Å². The average molecular weight is 816 g/mol. The van der Waals surface area contributed by atoms with Gasteiger partial charge in [-0.3, -0.25) is 19.1 Å². The fraction of sp³-hybridized carbons (Fsp3) is 0.625. The molecular weight excluding hydrogens is 762 g/mol. The number of benzene rings is 1. The first-order valence-electron chi connectivity index (χ1n) is 19.6. The molecule has 57 heavy (non-hydrogen) atoms. The standard InChI is InChI=1S/C40H54FN5O10S/c1-23(2)54-31-20-30(26-15-16-27(41)33(53-7)32(26)43-31)55-25-19-29-34(47)44-40(36(49)45-57(51,52)39(6)17-18-39)21-24(40)13-11-9-8-10-12-14-28(35(48)46(29)22-25)42-37(50)56-38(3,4)5/h11,13,15-16,20,23-25,28-29H,8-10,12,14,17-19,21-22H2,1-7H3,(H,42,50)(H,44,47)(H,45,49)/b13-11-/t24-,25-,28+,29+,40-/m1/s1. The molecule has 3 heterocycles. The van der Waals surface area contributed by atoms with Crippen molar-refractivity contribution in [1.82, 2.24) is 25.2 Å². The van der Waals surface area contributed by atoms with E-state index in [1.807, 2.05) is 12.2 Å². The number of alkyl carbamates (subject to hydrolysis) is 1. The van der Waals surface area contributed by atoms with Gasteiger partial charge in [-0.15, -0.1) is 0 Å². The Kier molecular flexibility index (Phi) is 11.7. The summed E-state index contributed by atoms with van der Waals surface area (Å²) in [5, 5.41) is 5.97. The molecule has 0 unspecified atom stereocenters. The second-order valence-corrected chi connectivity index (χ2v) is 19.2. The first-order valence-corrected chi connectivity index (χ1v) is 21.1. The third-order valence-electron chi connectivity index (χ3n) is 10.8. The van der Waals surface area contributed by atoms with Gasteiger partial charge >= 0.3 is 6.09 Å². The number of nitrogens with zero attached hydrogens (tertiary/aromatic N) is 2. The van der Waals surface area contributed by atoms with Gasteiger partial charge in [-0.05, 0) is 92.2 Å². The number of fused-ring (bicyclic) bond motifs is 3. The Balaban J connectivity index is 1.36. The summed E-state index contributed by atoms with van der Waals surface area (Å²) in [5.74, 6) is -2.95. The number of carbonyl (C=O) groups is 4. The summed E-state index contributed by atoms with van der Waals surface area (Å²) < 4.78 is 65.6. The number of ether oxygens (including phenoxy) is 4. The van der Waals surface area contributed by atoms with Crippen LogP contribution in [0, 0.1) is 11.7 Å². The van der Waals surface area contributed by atoms with Crippen molar-refractivity contribution in [2.24, 2.45) is 5.92 Å². The van der Waals surface area contributed by atoms with Gasteiger partial charge < -0.3 is 34.5 Å². The van der Waals surface area contributed by atoms with Crippen LogP contribution in [0.1, 0.15) is 99.3 Å². The predicted molar refractivity (Wildman–Crippen MR) is 208 cm³/mol. The highest BCUT2D eigenvalue weighted by molar-refractivity contribution is 7.91. The summed E-state index contributed by atoms with van der Waals surface area (Å²) >= 11 is 0. The Morgan fingerprint density at radius 1 is 1.12 bits per heavy atom. The Hall–Kier alpha value is -4.67. The van der Waals surface area contributed by atoms with E-state index in [1.54, 1.807) is 47.6 Å². The Morgan fingerprint density at radius 3 is 2.53 bits per heavy atom. The third kappa shape index (κ3) is 9.23. The number of pyridine rings is 1. The quantitative estimate of drug-likeness (QED) is 0.295. The molecule has 0 bridgehead atoms. The Morgan fingerprint density at radius 2 is 1.86 bits per heavy atom. The lowest BCUT2D eigenvalue weighted by Gasteiger charge is -2.30. The number of hydrogen-bond donors (Lipinski definition) is 3. The Bertz CT molecular complexity index is 2050. The van der Waals surface area contributed by atoms with Crippen LogP contribution < -0.4 is 29.6 Å². The molecule has 15 nitrogen and oxygen atoms in total. The zero-order chi connectivity index (χ0) is 41.5. The largest absolute Gasteiger partial charge is 0.491 e. The maximum atomic E-state index is 14.9. The summed E-state index contributed by atoms with van der Waals surface area (Å²) in [4.78, 5) is 61.8. The maximum Gasteiger partial charge on any atom is 0.408 e. The van der Waals surface area contributed by atoms with E-state index in [4.69, 9.17) is 18.9 Å². The van der Waals surface area contributed by atoms with Gasteiger partial charge in [-0.1, -0.05) is 25.0 Å². The van der Waals surface area contributed by atoms with E-state index in [0.717, 1.165) is 12.8 Å². The van der Waals surface area contributed by atoms with Crippen molar-refractivity contribution >= 4 is 44.7 Å². The number of sulfonamides is 1. The summed E-state index contributed by atoms with van der Waals surface area (Å²) in [5.41, 5.74) is -2.27. The Labute approximate surface area is 332 Å². The lowest BCUT2D eigenvalue weighted by molar-refractivity contribution is -0.141. The number of allylic oxidation sites excluding steroid dienone is 1. The van der Waals surface area contributed by atoms with Crippen molar-refractivity contribution in [3.05, 3.63) is 36.2 Å². The molecule has 2 saturated carbocycles. The smallest absolute Gasteiger partial charge is 0.408 e. The van der Waals surface area contributed by atoms with E-state index >= 15 is 0 Å². The van der Waals surface area contributed by atoms with Crippen LogP contribution in [0.15, 0.2) is 30.4 Å². The number of methoxy groups -OCH3 is 1. The molecule has 4 amide bonds. The van der Waals surface area contributed by atoms with E-state index < -0.39 is 79.6 Å². The molecule has 0 radical (unpaired) electrons. The molecule has 2 aromatic rings. The predicted octanol–water partition coefficient (Wildman–Crippen LogP) is 4.81. The molecule has 312 valence electrons. The van der Waals surface area contributed by atoms with E-state index in [0.29, 0.717) is 31.1 Å². The van der Waals surface area contributed by atoms with Gasteiger partial charge in [0, 0.05) is 23.8 Å². The highest BCUT2D eigenvalue weighted by Crippen LogP contribution is 2.48. The summed E-state index contributed by atoms with van der Waals surface area (Å²) in [7, 11) is -2.71. The minimum Gasteiger partial charge on any atom is -0.491 e. The molecular formula is C40H54FN5O10S. The first kappa shape index (κ1) is 41.9. The van der Waals surface area contributed by atoms with Gasteiger partial charge in [0.25, 0.3) is 5.91 Å². The number of nitrogens with one attached hydrogen (secondary N) is 3. The average Bonchev–Trinajstić information content (AvgIpc) is 3.99. The number of halogens is 1. The molecule has 4 aliphatic rings. The van der Waals surface area contributed by atoms with Crippen molar-refractivity contribution in [3.63, 3.8) is 0 Å². The number of rotatable bonds is 9. The summed E-state index contributed by atoms with van der Waals surface area (Å²) in [6, 6.07) is 1.99. The lowest BCUT2D eigenvalue weighted by atomic mass is 10.0. The van der Waals surface area contributed by atoms with Gasteiger partial charge in [0.15, 0.2) is 11.6 Å². The lowest BCUT2D eigenvalue weighted by Crippen LogP contribution is -2.58. The molecule has 5 atom stereocenters. The van der Waals surface area contributed by atoms with Gasteiger partial charge in [0.1, 0.15) is 40.6 Å². The van der Waals surface area contributed by atoms with Crippen LogP contribution >= 0.6 is 0 Å². The molecule has 3 N–H and O–H groups in total. The van der Waals surface area contributed by atoms with Crippen molar-refractivity contribution < 1.29 is 50.9 Å². The van der Waals surface area contributed by atoms with E-state index in [1.165, 1.54) is 24.1 Å². The van der Waals surface area contributed by atoms with Crippen molar-refractivity contribution in [2.45, 2.75) is 140 Å². The van der Waals surface area contributed by atoms with Gasteiger partial charge in [-0.25, -0.2) is 22.6 Å². The van der Waals surface area contributed by atoms with E-state index in [9.17, 15) is 32.0 Å². The third-order valence-corrected chi connectivity index (χ3v) is 13.0. The van der Waals surface area contributed by atoms with Crippen molar-refractivity contribution in [1.29, 1.82) is 0 Å². The fourth-order valence-electron chi connectivity index (χ4n) is 7.36. The molecule has 0 spiro atoms. The molecule has 1 aromatic heterocycles. The maximum absolute atomic E-state index is 14.9. The first-order chi connectivity index (χ1) is 26.8. The van der Waals surface area contributed by atoms with Crippen molar-refractivity contribution in [2.75, 3.05) is 13.7 Å². The minimum absolute atomic E-state index is 0.0478. The van der Waals surface area contributed by atoms with Crippen LogP contribution in [-0.2, 0) is 29.1 Å². The molecule has 6 rings (SSSR count). The zero-order valence-corrected chi connectivity index (χ0v) is 34.4. The van der Waals surface area contributed by atoms with Crippen LogP contribution in [0.4, 0.5) is 9.18 Å². The highest BCUT2D eigenvalue weighted by atomic mass is 32.2. The monoisotopic (exact) mass is 815 g/mol. The topological polar surface area (TPSA) is 192 Å². The van der Waals surface area contributed by atoms with Gasteiger partial charge in [-0.2, -0.15) is 0 Å². The molecule has 3 fully saturated rings. The zero-order valence-electron chi connectivity index (χ0n) is 33.6. The molecule has 2 aliphatic carbocycles. The van der Waals surface area contributed by atoms with Crippen LogP contribution in [0.3, 0.4) is 0 Å². The number of aromatic nitrogens is 1. The van der Waals surface area contributed by atoms with Crippen LogP contribution in [-0.4, -0.2) is 95.9 Å². The normalized spacial score (nSPS) is 26.9. The second kappa shape index (κ2) is 15.9. The number of hydrogen-bond acceptors (Lipinski definition) is 11. The van der Waals surface area contributed by atoms with Gasteiger partial charge in [0.2, 0.25) is 27.7 Å². The number of carbonyl (C=O) groups excluding carboxylic acids is 4. The molecule has 1 saturated heterocycles. The summed E-state index contributed by atoms with van der Waals surface area (Å²) in [6.07, 6.45) is 5.78. The van der Waals surface area contributed by atoms with Crippen molar-refractivity contribution in [3.8, 4) is 17.4 Å². The fourth-order valence-corrected chi connectivity index (χ4v) is 8.67. The summed E-state index contributed by atoms with van der Waals surface area (Å²) in [6.45, 7) is 10.2. The van der Waals surface area contributed by atoms with Gasteiger partial charge in [0.05, 0.1) is 24.5 Å². The van der Waals surface area contributed by atoms with Crippen LogP contribution in [0.25, 0.3) is 10.9 Å². The van der Waals surface area contributed by atoms with Crippen LogP contribution in [0.2, 0.25) is 0 Å². The minimum atomic E-state index is -4.03. The van der Waals surface area contributed by atoms with Crippen LogP contribution in [0.5, 0.6) is 17.4 Å². The SMILES string of the molecule is COc1c(F)ccc2c(O[C@@H]3C[C@H]4C(=O)N[C@]5(C(=O)NS(=O)(=O)C6(C)CC6)C[C@H]5/C=C\CCCCC[C@H](NC(=O)OC(C)(C)C)C(=O)N4C3)cc(OC(C)C)nc12. The highest BCUT2D eigenvalue weighted by Gasteiger charge is 2.63.